The Morgan fingerprint density at radius 2 is 1.64 bits per heavy atom. The third kappa shape index (κ3) is 10.0. The Bertz CT molecular complexity index is 2000. The lowest BCUT2D eigenvalue weighted by molar-refractivity contribution is -0.146. The molecule has 2 atom stereocenters. The molecule has 3 aromatic rings. The maximum Gasteiger partial charge on any atom is 0.325 e. The molecule has 288 valence electrons. The molecule has 55 heavy (non-hydrogen) atoms. The van der Waals surface area contributed by atoms with E-state index in [-0.39, 0.29) is 44.4 Å². The molecule has 0 heterocycles. The van der Waals surface area contributed by atoms with Crippen molar-refractivity contribution >= 4 is 51.6 Å². The monoisotopic (exact) mass is 747 g/mol. The molecule has 3 amide bonds. The van der Waals surface area contributed by atoms with Crippen molar-refractivity contribution < 1.29 is 38.2 Å². The van der Waals surface area contributed by atoms with E-state index < -0.39 is 48.1 Å². The van der Waals surface area contributed by atoms with Gasteiger partial charge in [0, 0.05) is 18.4 Å². The third-order valence-corrected chi connectivity index (χ3v) is 10.6. The van der Waals surface area contributed by atoms with Crippen molar-refractivity contribution in [1.82, 2.24) is 16.0 Å². The smallest absolute Gasteiger partial charge is 0.325 e. The van der Waals surface area contributed by atoms with Crippen molar-refractivity contribution in [1.29, 1.82) is 0 Å². The summed E-state index contributed by atoms with van der Waals surface area (Å²) in [6, 6.07) is 14.9. The van der Waals surface area contributed by atoms with E-state index in [2.05, 4.69) is 46.3 Å². The van der Waals surface area contributed by atoms with Crippen molar-refractivity contribution in [3.63, 3.8) is 0 Å². The molecule has 3 aliphatic rings. The quantitative estimate of drug-likeness (QED) is 0.0905. The van der Waals surface area contributed by atoms with Crippen molar-refractivity contribution in [2.75, 3.05) is 19.8 Å². The summed E-state index contributed by atoms with van der Waals surface area (Å²) < 4.78 is 10.6. The lowest BCUT2D eigenvalue weighted by Gasteiger charge is -2.28. The van der Waals surface area contributed by atoms with Crippen LogP contribution in [-0.2, 0) is 52.9 Å². The van der Waals surface area contributed by atoms with Gasteiger partial charge in [0.1, 0.15) is 18.6 Å². The summed E-state index contributed by atoms with van der Waals surface area (Å²) in [6.07, 6.45) is 13.0. The number of hydrogen-bond donors (Lipinski definition) is 3. The summed E-state index contributed by atoms with van der Waals surface area (Å²) in [5.41, 5.74) is 6.00. The number of benzene rings is 3. The molecule has 0 unspecified atom stereocenters. The molecule has 3 aliphatic carbocycles. The minimum atomic E-state index is -1.40. The van der Waals surface area contributed by atoms with Gasteiger partial charge in [-0.3, -0.25) is 28.8 Å². The predicted octanol–water partition coefficient (Wildman–Crippen LogP) is 5.26. The van der Waals surface area contributed by atoms with Crippen LogP contribution < -0.4 is 16.0 Å². The van der Waals surface area contributed by atoms with Gasteiger partial charge in [0.05, 0.1) is 19.8 Å². The Hall–Kier alpha value is -5.42. The minimum absolute atomic E-state index is 0.0390. The maximum absolute atomic E-state index is 13.9. The fourth-order valence-electron chi connectivity index (χ4n) is 7.84. The van der Waals surface area contributed by atoms with Crippen LogP contribution in [0.3, 0.4) is 0 Å². The van der Waals surface area contributed by atoms with E-state index >= 15 is 0 Å². The Morgan fingerprint density at radius 1 is 0.855 bits per heavy atom. The number of Topliss-reactive ketones (excluding diaryl/α,β-unsaturated/α-hetero) is 2. The molecule has 0 bridgehead atoms. The molecular weight excluding hydrogens is 698 g/mol. The molecule has 0 radical (unpaired) electrons. The molecule has 0 aromatic heterocycles. The molecular formula is C44H49N3O8. The van der Waals surface area contributed by atoms with E-state index in [0.717, 1.165) is 60.4 Å². The summed E-state index contributed by atoms with van der Waals surface area (Å²) in [6.45, 7) is 1.02. The van der Waals surface area contributed by atoms with E-state index in [0.29, 0.717) is 18.4 Å². The van der Waals surface area contributed by atoms with Crippen LogP contribution in [0.15, 0.2) is 72.8 Å². The highest BCUT2D eigenvalue weighted by molar-refractivity contribution is 6.38. The lowest BCUT2D eigenvalue weighted by Crippen LogP contribution is -2.56. The van der Waals surface area contributed by atoms with Gasteiger partial charge in [-0.25, -0.2) is 0 Å². The lowest BCUT2D eigenvalue weighted by atomic mass is 9.79. The van der Waals surface area contributed by atoms with Gasteiger partial charge in [-0.05, 0) is 70.7 Å². The van der Waals surface area contributed by atoms with Crippen LogP contribution in [0, 0.1) is 5.92 Å². The van der Waals surface area contributed by atoms with Gasteiger partial charge in [0.2, 0.25) is 17.6 Å². The molecule has 0 aliphatic heterocycles. The summed E-state index contributed by atoms with van der Waals surface area (Å²) >= 11 is 0. The molecule has 11 nitrogen and oxygen atoms in total. The molecule has 3 N–H and O–H groups in total. The zero-order valence-electron chi connectivity index (χ0n) is 31.3. The van der Waals surface area contributed by atoms with Gasteiger partial charge in [0.25, 0.3) is 5.91 Å². The maximum atomic E-state index is 13.9. The van der Waals surface area contributed by atoms with E-state index in [1.165, 1.54) is 16.7 Å². The second kappa shape index (κ2) is 18.8. The van der Waals surface area contributed by atoms with Gasteiger partial charge < -0.3 is 25.4 Å². The molecule has 6 rings (SSSR count). The van der Waals surface area contributed by atoms with Gasteiger partial charge >= 0.3 is 5.97 Å². The highest BCUT2D eigenvalue weighted by Gasteiger charge is 2.33. The number of esters is 1. The normalized spacial score (nSPS) is 15.7. The molecule has 3 aromatic carbocycles. The van der Waals surface area contributed by atoms with E-state index in [1.807, 2.05) is 42.5 Å². The SMILES string of the molecule is CCOC(=O)CNC(=O)C(=O)[C@H](COCc1ccccc1)NC(=O)[C@H](CC1CCCCC1)NC(=O)CCC(=O)c1ccc2ccc3c4c2c1CC=C4C=CC3. The number of ether oxygens (including phenoxy) is 2. The van der Waals surface area contributed by atoms with Gasteiger partial charge in [0.15, 0.2) is 5.78 Å². The summed E-state index contributed by atoms with van der Waals surface area (Å²) in [7, 11) is 0. The Labute approximate surface area is 321 Å². The first kappa shape index (κ1) is 39.3. The number of nitrogens with one attached hydrogen (secondary N) is 3. The third-order valence-electron chi connectivity index (χ3n) is 10.6. The average molecular weight is 748 g/mol. The fourth-order valence-corrected chi connectivity index (χ4v) is 7.84. The zero-order chi connectivity index (χ0) is 38.7. The van der Waals surface area contributed by atoms with Crippen LogP contribution in [0.25, 0.3) is 16.3 Å². The fraction of sp³-hybridized carbons (Fsp3) is 0.409. The second-order valence-corrected chi connectivity index (χ2v) is 14.5. The largest absolute Gasteiger partial charge is 0.465 e. The van der Waals surface area contributed by atoms with Crippen molar-refractivity contribution in [3.8, 4) is 0 Å². The molecule has 0 spiro atoms. The van der Waals surface area contributed by atoms with Crippen molar-refractivity contribution in [2.24, 2.45) is 5.92 Å². The number of amides is 3. The highest BCUT2D eigenvalue weighted by Crippen LogP contribution is 2.40. The van der Waals surface area contributed by atoms with Crippen LogP contribution >= 0.6 is 0 Å². The first-order valence-corrected chi connectivity index (χ1v) is 19.4. The molecule has 1 saturated carbocycles. The summed E-state index contributed by atoms with van der Waals surface area (Å²) in [5, 5.41) is 9.95. The number of carbonyl (C=O) groups excluding carboxylic acids is 6. The molecule has 1 fully saturated rings. The van der Waals surface area contributed by atoms with Crippen molar-refractivity contribution in [2.45, 2.75) is 89.8 Å². The first-order valence-electron chi connectivity index (χ1n) is 19.4. The molecule has 0 saturated heterocycles. The summed E-state index contributed by atoms with van der Waals surface area (Å²) in [5.74, 6) is -3.85. The average Bonchev–Trinajstić information content (AvgIpc) is 3.21. The Kier molecular flexibility index (Phi) is 13.4. The topological polar surface area (TPSA) is 157 Å². The van der Waals surface area contributed by atoms with Gasteiger partial charge in [-0.1, -0.05) is 105 Å². The molecule has 11 heteroatoms. The number of carbonyl (C=O) groups is 6. The Balaban J connectivity index is 1.13. The second-order valence-electron chi connectivity index (χ2n) is 14.5. The highest BCUT2D eigenvalue weighted by atomic mass is 16.5. The first-order chi connectivity index (χ1) is 26.7. The standard InChI is InChI=1S/C44H49N3O8/c1-2-55-39(50)25-45-44(53)42(51)36(27-54-26-29-12-7-4-8-13-29)47-43(52)35(24-28-10-5-3-6-11-28)46-38(49)23-22-37(48)33-20-18-32-17-16-30-14-9-15-31-19-21-34(33)41(32)40(30)31/h4,7-9,12-13,15-20,28,35-36H,2-3,5-6,10-11,14,21-27H2,1H3,(H,45,53)(H,46,49)(H,47,52)/t35-,36-/m0/s1. The van der Waals surface area contributed by atoms with Crippen LogP contribution in [0.5, 0.6) is 0 Å². The van der Waals surface area contributed by atoms with Crippen LogP contribution in [-0.4, -0.2) is 67.1 Å². The Morgan fingerprint density at radius 3 is 2.42 bits per heavy atom. The number of rotatable bonds is 18. The van der Waals surface area contributed by atoms with Gasteiger partial charge in [-0.15, -0.1) is 0 Å². The van der Waals surface area contributed by atoms with Crippen molar-refractivity contribution in [3.05, 3.63) is 101 Å². The van der Waals surface area contributed by atoms with E-state index in [1.54, 1.807) is 6.92 Å². The summed E-state index contributed by atoms with van der Waals surface area (Å²) in [4.78, 5) is 79.2. The van der Waals surface area contributed by atoms with Crippen LogP contribution in [0.1, 0.15) is 90.9 Å². The van der Waals surface area contributed by atoms with E-state index in [9.17, 15) is 28.8 Å². The van der Waals surface area contributed by atoms with Crippen LogP contribution in [0.4, 0.5) is 0 Å². The van der Waals surface area contributed by atoms with Crippen LogP contribution in [0.2, 0.25) is 0 Å². The number of ketones is 2. The zero-order valence-corrected chi connectivity index (χ0v) is 31.3. The van der Waals surface area contributed by atoms with E-state index in [4.69, 9.17) is 9.47 Å². The number of hydrogen-bond acceptors (Lipinski definition) is 8. The predicted molar refractivity (Wildman–Crippen MR) is 208 cm³/mol. The minimum Gasteiger partial charge on any atom is -0.465 e. The number of allylic oxidation sites excluding steroid dienone is 4. The van der Waals surface area contributed by atoms with Gasteiger partial charge in [-0.2, -0.15) is 0 Å².